The highest BCUT2D eigenvalue weighted by Gasteiger charge is 2.16. The Balaban J connectivity index is 2.57. The molecule has 0 spiro atoms. The normalized spacial score (nSPS) is 11.9. The maximum atomic E-state index is 5.78. The van der Waals surface area contributed by atoms with Gasteiger partial charge in [-0.1, -0.05) is 26.8 Å². The predicted octanol–water partition coefficient (Wildman–Crippen LogP) is 3.62. The van der Waals surface area contributed by atoms with Crippen molar-refractivity contribution in [2.24, 2.45) is 0 Å². The fourth-order valence-electron chi connectivity index (χ4n) is 2.14. The average Bonchev–Trinajstić information content (AvgIpc) is 2.22. The van der Waals surface area contributed by atoms with E-state index in [1.54, 1.807) is 0 Å². The van der Waals surface area contributed by atoms with E-state index in [2.05, 4.69) is 64.9 Å². The minimum absolute atomic E-state index is 0.202. The van der Waals surface area contributed by atoms with Crippen LogP contribution in [0.1, 0.15) is 38.3 Å². The van der Waals surface area contributed by atoms with Crippen LogP contribution < -0.4 is 4.74 Å². The van der Waals surface area contributed by atoms with E-state index in [1.807, 2.05) is 0 Å². The highest BCUT2D eigenvalue weighted by atomic mass is 16.5. The van der Waals surface area contributed by atoms with Gasteiger partial charge in [0.15, 0.2) is 0 Å². The summed E-state index contributed by atoms with van der Waals surface area (Å²) < 4.78 is 5.78. The molecule has 0 amide bonds. The van der Waals surface area contributed by atoms with Gasteiger partial charge < -0.3 is 9.64 Å². The van der Waals surface area contributed by atoms with Gasteiger partial charge in [0, 0.05) is 6.54 Å². The monoisotopic (exact) mass is 249 g/mol. The molecule has 102 valence electrons. The molecule has 0 atom stereocenters. The van der Waals surface area contributed by atoms with Gasteiger partial charge in [-0.2, -0.15) is 0 Å². The second-order valence-electron chi connectivity index (χ2n) is 6.23. The summed E-state index contributed by atoms with van der Waals surface area (Å²) in [6.45, 7) is 10.7. The van der Waals surface area contributed by atoms with Crippen LogP contribution in [0.5, 0.6) is 5.75 Å². The van der Waals surface area contributed by atoms with Crippen molar-refractivity contribution >= 4 is 0 Å². The van der Waals surface area contributed by atoms with E-state index in [4.69, 9.17) is 4.74 Å². The SMILES string of the molecule is Cc1cc(OCCCN(C)C)ccc1C(C)(C)C. The zero-order valence-corrected chi connectivity index (χ0v) is 12.7. The van der Waals surface area contributed by atoms with E-state index in [0.717, 1.165) is 25.3 Å². The third-order valence-electron chi connectivity index (χ3n) is 3.02. The van der Waals surface area contributed by atoms with Crippen LogP contribution in [0.15, 0.2) is 18.2 Å². The smallest absolute Gasteiger partial charge is 0.119 e. The van der Waals surface area contributed by atoms with E-state index in [1.165, 1.54) is 11.1 Å². The Kier molecular flexibility index (Phi) is 5.21. The molecule has 0 fully saturated rings. The molecule has 0 unspecified atom stereocenters. The lowest BCUT2D eigenvalue weighted by molar-refractivity contribution is 0.281. The van der Waals surface area contributed by atoms with Crippen LogP contribution in [0.3, 0.4) is 0 Å². The van der Waals surface area contributed by atoms with Crippen LogP contribution in [0.25, 0.3) is 0 Å². The van der Waals surface area contributed by atoms with E-state index in [0.29, 0.717) is 0 Å². The molecule has 18 heavy (non-hydrogen) atoms. The van der Waals surface area contributed by atoms with Crippen molar-refractivity contribution in [1.82, 2.24) is 4.90 Å². The van der Waals surface area contributed by atoms with Gasteiger partial charge in [0.2, 0.25) is 0 Å². The molecule has 2 nitrogen and oxygen atoms in total. The molecular formula is C16H27NO. The molecule has 0 saturated heterocycles. The van der Waals surface area contributed by atoms with Crippen LogP contribution in [0.2, 0.25) is 0 Å². The lowest BCUT2D eigenvalue weighted by Crippen LogP contribution is -2.16. The Morgan fingerprint density at radius 1 is 1.17 bits per heavy atom. The second kappa shape index (κ2) is 6.24. The molecule has 0 N–H and O–H groups in total. The van der Waals surface area contributed by atoms with Crippen LogP contribution in [0.4, 0.5) is 0 Å². The molecule has 0 aliphatic rings. The van der Waals surface area contributed by atoms with Gasteiger partial charge in [-0.05, 0) is 56.1 Å². The Labute approximate surface area is 112 Å². The first-order chi connectivity index (χ1) is 8.30. The van der Waals surface area contributed by atoms with Gasteiger partial charge in [-0.3, -0.25) is 0 Å². The van der Waals surface area contributed by atoms with Crippen LogP contribution >= 0.6 is 0 Å². The number of hydrogen-bond acceptors (Lipinski definition) is 2. The van der Waals surface area contributed by atoms with Crippen LogP contribution in [0, 0.1) is 6.92 Å². The fourth-order valence-corrected chi connectivity index (χ4v) is 2.14. The highest BCUT2D eigenvalue weighted by Crippen LogP contribution is 2.28. The van der Waals surface area contributed by atoms with Gasteiger partial charge in [0.05, 0.1) is 6.61 Å². The van der Waals surface area contributed by atoms with Crippen molar-refractivity contribution in [3.8, 4) is 5.75 Å². The van der Waals surface area contributed by atoms with Gasteiger partial charge in [-0.15, -0.1) is 0 Å². The van der Waals surface area contributed by atoms with Gasteiger partial charge >= 0.3 is 0 Å². The van der Waals surface area contributed by atoms with E-state index in [-0.39, 0.29) is 5.41 Å². The minimum Gasteiger partial charge on any atom is -0.494 e. The maximum absolute atomic E-state index is 5.78. The van der Waals surface area contributed by atoms with Crippen molar-refractivity contribution in [2.45, 2.75) is 39.5 Å². The summed E-state index contributed by atoms with van der Waals surface area (Å²) in [5.74, 6) is 0.985. The van der Waals surface area contributed by atoms with Gasteiger partial charge in [-0.25, -0.2) is 0 Å². The summed E-state index contributed by atoms with van der Waals surface area (Å²) in [6, 6.07) is 6.43. The van der Waals surface area contributed by atoms with E-state index < -0.39 is 0 Å². The molecule has 0 bridgehead atoms. The first-order valence-electron chi connectivity index (χ1n) is 6.69. The average molecular weight is 249 g/mol. The largest absolute Gasteiger partial charge is 0.494 e. The predicted molar refractivity (Wildman–Crippen MR) is 78.5 cm³/mol. The Morgan fingerprint density at radius 3 is 2.33 bits per heavy atom. The molecule has 1 rings (SSSR count). The maximum Gasteiger partial charge on any atom is 0.119 e. The van der Waals surface area contributed by atoms with Crippen LogP contribution in [-0.4, -0.2) is 32.1 Å². The molecule has 0 aliphatic heterocycles. The number of nitrogens with zero attached hydrogens (tertiary/aromatic N) is 1. The third kappa shape index (κ3) is 4.69. The Bertz CT molecular complexity index is 377. The molecule has 0 aliphatic carbocycles. The molecule has 1 aromatic carbocycles. The summed E-state index contributed by atoms with van der Waals surface area (Å²) >= 11 is 0. The van der Waals surface area contributed by atoms with Gasteiger partial charge in [0.1, 0.15) is 5.75 Å². The molecular weight excluding hydrogens is 222 g/mol. The Morgan fingerprint density at radius 2 is 1.83 bits per heavy atom. The van der Waals surface area contributed by atoms with Crippen molar-refractivity contribution in [3.63, 3.8) is 0 Å². The van der Waals surface area contributed by atoms with Crippen molar-refractivity contribution in [1.29, 1.82) is 0 Å². The number of ether oxygens (including phenoxy) is 1. The molecule has 1 aromatic rings. The third-order valence-corrected chi connectivity index (χ3v) is 3.02. The minimum atomic E-state index is 0.202. The number of aryl methyl sites for hydroxylation is 1. The van der Waals surface area contributed by atoms with Crippen LogP contribution in [-0.2, 0) is 5.41 Å². The molecule has 0 saturated carbocycles. The summed E-state index contributed by atoms with van der Waals surface area (Å²) in [4.78, 5) is 2.18. The van der Waals surface area contributed by atoms with E-state index >= 15 is 0 Å². The number of hydrogen-bond donors (Lipinski definition) is 0. The topological polar surface area (TPSA) is 12.5 Å². The zero-order chi connectivity index (χ0) is 13.8. The van der Waals surface area contributed by atoms with Crippen molar-refractivity contribution < 1.29 is 4.74 Å². The number of benzene rings is 1. The first-order valence-corrected chi connectivity index (χ1v) is 6.69. The standard InChI is InChI=1S/C16H27NO/c1-13-12-14(18-11-7-10-17(5)6)8-9-15(13)16(2,3)4/h8-9,12H,7,10-11H2,1-6H3. The second-order valence-corrected chi connectivity index (χ2v) is 6.23. The first kappa shape index (κ1) is 15.0. The summed E-state index contributed by atoms with van der Waals surface area (Å²) in [6.07, 6.45) is 1.06. The van der Waals surface area contributed by atoms with Crippen molar-refractivity contribution in [2.75, 3.05) is 27.2 Å². The van der Waals surface area contributed by atoms with Crippen molar-refractivity contribution in [3.05, 3.63) is 29.3 Å². The van der Waals surface area contributed by atoms with E-state index in [9.17, 15) is 0 Å². The Hall–Kier alpha value is -1.02. The quantitative estimate of drug-likeness (QED) is 0.739. The summed E-state index contributed by atoms with van der Waals surface area (Å²) in [5.41, 5.74) is 2.91. The molecule has 0 heterocycles. The molecule has 0 radical (unpaired) electrons. The zero-order valence-electron chi connectivity index (χ0n) is 12.7. The van der Waals surface area contributed by atoms with Gasteiger partial charge in [0.25, 0.3) is 0 Å². The fraction of sp³-hybridized carbons (Fsp3) is 0.625. The lowest BCUT2D eigenvalue weighted by Gasteiger charge is -2.22. The summed E-state index contributed by atoms with van der Waals surface area (Å²) in [7, 11) is 4.17. The number of rotatable bonds is 5. The summed E-state index contributed by atoms with van der Waals surface area (Å²) in [5, 5.41) is 0. The molecule has 2 heteroatoms. The highest BCUT2D eigenvalue weighted by molar-refractivity contribution is 5.38. The molecule has 0 aromatic heterocycles. The lowest BCUT2D eigenvalue weighted by atomic mass is 9.84.